The number of nitrogens with two attached hydrogens (primary N) is 1. The van der Waals surface area contributed by atoms with Crippen molar-refractivity contribution in [2.45, 2.75) is 6.92 Å². The van der Waals surface area contributed by atoms with Crippen LogP contribution in [0.4, 0.5) is 5.69 Å². The first-order chi connectivity index (χ1) is 13.8. The van der Waals surface area contributed by atoms with E-state index in [4.69, 9.17) is 5.73 Å². The van der Waals surface area contributed by atoms with Crippen LogP contribution in [0.25, 0.3) is 17.3 Å². The molecule has 1 heterocycles. The van der Waals surface area contributed by atoms with Gasteiger partial charge in [0.2, 0.25) is 0 Å². The fraction of sp³-hybridized carbons (Fsp3) is 0.0500. The quantitative estimate of drug-likeness (QED) is 0.512. The number of primary amides is 1. The summed E-state index contributed by atoms with van der Waals surface area (Å²) in [5.74, 6) is -0.934. The van der Waals surface area contributed by atoms with Gasteiger partial charge in [-0.2, -0.15) is 5.26 Å². The second-order valence-electron chi connectivity index (χ2n) is 6.09. The highest BCUT2D eigenvalue weighted by Crippen LogP contribution is 2.12. The molecule has 0 aliphatic heterocycles. The van der Waals surface area contributed by atoms with Crippen LogP contribution in [0, 0.1) is 28.4 Å². The summed E-state index contributed by atoms with van der Waals surface area (Å²) in [5, 5.41) is 20.2. The number of nitrogens with zero attached hydrogens (tertiary/aromatic N) is 3. The number of nitro groups is 1. The molecule has 0 radical (unpaired) electrons. The first-order valence-electron chi connectivity index (χ1n) is 8.31. The van der Waals surface area contributed by atoms with Crippen LogP contribution in [-0.2, 0) is 4.79 Å². The lowest BCUT2D eigenvalue weighted by Gasteiger charge is -2.03. The summed E-state index contributed by atoms with van der Waals surface area (Å²) in [5.41, 5.74) is 6.54. The Morgan fingerprint density at radius 2 is 1.83 bits per heavy atom. The molecule has 0 saturated carbocycles. The number of rotatable bonds is 4. The molecule has 0 atom stereocenters. The summed E-state index contributed by atoms with van der Waals surface area (Å²) in [7, 11) is 0. The number of non-ortho nitro benzene ring substituents is 1. The number of aryl methyl sites for hydroxylation is 1. The maximum atomic E-state index is 13.1. The summed E-state index contributed by atoms with van der Waals surface area (Å²) < 4.78 is 1.65. The molecule has 1 aromatic heterocycles. The summed E-state index contributed by atoms with van der Waals surface area (Å²) in [6.07, 6.45) is 1.54. The molecule has 2 N–H and O–H groups in total. The van der Waals surface area contributed by atoms with Crippen LogP contribution in [0.1, 0.15) is 11.1 Å². The lowest BCUT2D eigenvalue weighted by atomic mass is 10.2. The Balaban J connectivity index is 2.32. The van der Waals surface area contributed by atoms with Crippen molar-refractivity contribution in [1.29, 1.82) is 5.26 Å². The first kappa shape index (κ1) is 19.7. The number of benzene rings is 2. The molecule has 3 aromatic rings. The van der Waals surface area contributed by atoms with Crippen molar-refractivity contribution < 1.29 is 9.72 Å². The van der Waals surface area contributed by atoms with E-state index in [-0.39, 0.29) is 20.5 Å². The number of amides is 1. The lowest BCUT2D eigenvalue weighted by molar-refractivity contribution is -0.384. The molecule has 0 unspecified atom stereocenters. The van der Waals surface area contributed by atoms with Crippen LogP contribution in [-0.4, -0.2) is 15.4 Å². The molecular formula is C20H14N4O4S. The topological polar surface area (TPSA) is 132 Å². The number of thiazole rings is 1. The Bertz CT molecular complexity index is 1330. The minimum atomic E-state index is -0.934. The zero-order valence-electron chi connectivity index (χ0n) is 15.2. The van der Waals surface area contributed by atoms with Gasteiger partial charge in [-0.1, -0.05) is 17.7 Å². The molecule has 0 saturated heterocycles. The molecule has 0 fully saturated rings. The molecule has 9 heteroatoms. The normalized spacial score (nSPS) is 12.3. The highest BCUT2D eigenvalue weighted by atomic mass is 32.1. The van der Waals surface area contributed by atoms with Gasteiger partial charge in [0.1, 0.15) is 10.7 Å². The zero-order valence-corrected chi connectivity index (χ0v) is 16.0. The largest absolute Gasteiger partial charge is 0.365 e. The van der Waals surface area contributed by atoms with Gasteiger partial charge < -0.3 is 5.73 Å². The van der Waals surface area contributed by atoms with Gasteiger partial charge in [0.25, 0.3) is 17.2 Å². The van der Waals surface area contributed by atoms with Crippen LogP contribution in [0.5, 0.6) is 0 Å². The molecule has 0 aliphatic rings. The van der Waals surface area contributed by atoms with E-state index in [1.165, 1.54) is 28.8 Å². The van der Waals surface area contributed by atoms with Crippen LogP contribution in [0.3, 0.4) is 0 Å². The minimum Gasteiger partial charge on any atom is -0.365 e. The number of nitriles is 1. The average Bonchev–Trinajstić information content (AvgIpc) is 2.99. The van der Waals surface area contributed by atoms with E-state index in [9.17, 15) is 25.0 Å². The summed E-state index contributed by atoms with van der Waals surface area (Å²) in [6, 6.07) is 14.5. The minimum absolute atomic E-state index is 0.0695. The Morgan fingerprint density at radius 1 is 1.21 bits per heavy atom. The Morgan fingerprint density at radius 3 is 2.34 bits per heavy atom. The molecule has 2 aromatic carbocycles. The van der Waals surface area contributed by atoms with E-state index in [0.717, 1.165) is 16.9 Å². The van der Waals surface area contributed by atoms with E-state index in [1.54, 1.807) is 36.4 Å². The van der Waals surface area contributed by atoms with Crippen molar-refractivity contribution in [3.63, 3.8) is 0 Å². The molecule has 3 rings (SSSR count). The second-order valence-corrected chi connectivity index (χ2v) is 7.12. The van der Waals surface area contributed by atoms with Gasteiger partial charge in [0.05, 0.1) is 15.1 Å². The average molecular weight is 406 g/mol. The van der Waals surface area contributed by atoms with Gasteiger partial charge in [0, 0.05) is 12.1 Å². The second kappa shape index (κ2) is 7.92. The molecule has 0 aliphatic carbocycles. The van der Waals surface area contributed by atoms with Crippen LogP contribution in [0.15, 0.2) is 53.3 Å². The van der Waals surface area contributed by atoms with Crippen molar-refractivity contribution in [3.8, 4) is 11.8 Å². The number of carbonyl (C=O) groups is 1. The van der Waals surface area contributed by atoms with Crippen molar-refractivity contribution >= 4 is 34.6 Å². The van der Waals surface area contributed by atoms with Crippen molar-refractivity contribution in [3.05, 3.63) is 89.3 Å². The molecule has 144 valence electrons. The molecule has 29 heavy (non-hydrogen) atoms. The summed E-state index contributed by atoms with van der Waals surface area (Å²) >= 11 is 0.952. The third-order valence-corrected chi connectivity index (χ3v) is 5.18. The van der Waals surface area contributed by atoms with Crippen LogP contribution in [0.2, 0.25) is 0 Å². The van der Waals surface area contributed by atoms with Crippen molar-refractivity contribution in [2.24, 2.45) is 5.73 Å². The number of aromatic nitrogens is 1. The van der Waals surface area contributed by atoms with E-state index < -0.39 is 16.4 Å². The van der Waals surface area contributed by atoms with Crippen LogP contribution >= 0.6 is 11.3 Å². The third-order valence-electron chi connectivity index (χ3n) is 4.09. The standard InChI is InChI=1S/C20H14N4O4S/c1-12-2-6-14(7-3-12)23-19(26)17(29-20(23)16(11-21)18(22)25)10-13-4-8-15(9-5-13)24(27)28/h2-10H,1H3,(H2,22,25)/b17-10+,20-16+. The molecule has 0 bridgehead atoms. The molecular weight excluding hydrogens is 392 g/mol. The highest BCUT2D eigenvalue weighted by molar-refractivity contribution is 7.07. The fourth-order valence-electron chi connectivity index (χ4n) is 2.63. The molecule has 0 spiro atoms. The number of hydrogen-bond donors (Lipinski definition) is 1. The van der Waals surface area contributed by atoms with Gasteiger partial charge in [-0.15, -0.1) is 11.3 Å². The number of carbonyl (C=O) groups excluding carboxylic acids is 1. The maximum Gasteiger partial charge on any atom is 0.273 e. The summed E-state index contributed by atoms with van der Waals surface area (Å²) in [4.78, 5) is 35.1. The van der Waals surface area contributed by atoms with Crippen molar-refractivity contribution in [1.82, 2.24) is 4.57 Å². The predicted octanol–water partition coefficient (Wildman–Crippen LogP) is 1.10. The smallest absolute Gasteiger partial charge is 0.273 e. The lowest BCUT2D eigenvalue weighted by Crippen LogP contribution is -2.32. The van der Waals surface area contributed by atoms with Crippen LogP contribution < -0.4 is 20.5 Å². The van der Waals surface area contributed by atoms with Gasteiger partial charge >= 0.3 is 0 Å². The highest BCUT2D eigenvalue weighted by Gasteiger charge is 2.14. The van der Waals surface area contributed by atoms with Gasteiger partial charge in [-0.25, -0.2) is 0 Å². The monoisotopic (exact) mass is 406 g/mol. The Hall–Kier alpha value is -4.03. The molecule has 8 nitrogen and oxygen atoms in total. The Labute approximate surface area is 168 Å². The number of hydrogen-bond acceptors (Lipinski definition) is 6. The maximum absolute atomic E-state index is 13.1. The van der Waals surface area contributed by atoms with Gasteiger partial charge in [-0.3, -0.25) is 24.3 Å². The first-order valence-corrected chi connectivity index (χ1v) is 9.12. The Kier molecular flexibility index (Phi) is 5.38. The summed E-state index contributed by atoms with van der Waals surface area (Å²) in [6.45, 7) is 1.89. The fourth-order valence-corrected chi connectivity index (χ4v) is 3.74. The third kappa shape index (κ3) is 3.97. The SMILES string of the molecule is Cc1ccc(-n2c(=O)/c(=C\c3ccc([N+](=O)[O-])cc3)s/c2=C(\C#N)C(N)=O)cc1. The van der Waals surface area contributed by atoms with Gasteiger partial charge in [-0.05, 0) is 42.8 Å². The van der Waals surface area contributed by atoms with E-state index in [0.29, 0.717) is 11.3 Å². The number of nitro benzene ring substituents is 1. The molecule has 1 amide bonds. The predicted molar refractivity (Wildman–Crippen MR) is 109 cm³/mol. The van der Waals surface area contributed by atoms with E-state index in [1.807, 2.05) is 6.92 Å². The van der Waals surface area contributed by atoms with Crippen molar-refractivity contribution in [2.75, 3.05) is 0 Å². The van der Waals surface area contributed by atoms with E-state index >= 15 is 0 Å². The van der Waals surface area contributed by atoms with Gasteiger partial charge in [0.15, 0.2) is 5.57 Å². The zero-order chi connectivity index (χ0) is 21.1. The van der Waals surface area contributed by atoms with E-state index in [2.05, 4.69) is 0 Å².